The van der Waals surface area contributed by atoms with E-state index in [0.717, 1.165) is 19.4 Å². The molecule has 2 atom stereocenters. The zero-order valence-corrected chi connectivity index (χ0v) is 8.64. The Balaban J connectivity index is 2.16. The number of carbonyl (C=O) groups is 1. The minimum Gasteiger partial charge on any atom is -0.378 e. The molecule has 1 saturated heterocycles. The van der Waals surface area contributed by atoms with Crippen LogP contribution in [0.1, 0.15) is 26.2 Å². The number of hydrogen-bond donors (Lipinski definition) is 1. The first-order valence-corrected chi connectivity index (χ1v) is 5.22. The Hall–Kier alpha value is -0.280. The monoisotopic (exact) mass is 205 g/mol. The quantitative estimate of drug-likeness (QED) is 0.703. The van der Waals surface area contributed by atoms with Gasteiger partial charge in [0.25, 0.3) is 0 Å². The third-order valence-corrected chi connectivity index (χ3v) is 2.54. The Morgan fingerprint density at radius 1 is 1.77 bits per heavy atom. The SMILES string of the molecule is CC(CCl)NC(=O)CC1CCCO1. The first-order chi connectivity index (χ1) is 6.22. The summed E-state index contributed by atoms with van der Waals surface area (Å²) in [6, 6.07) is 0.0515. The van der Waals surface area contributed by atoms with E-state index in [1.807, 2.05) is 6.92 Å². The molecular weight excluding hydrogens is 190 g/mol. The number of alkyl halides is 1. The molecule has 0 aromatic carbocycles. The molecule has 13 heavy (non-hydrogen) atoms. The van der Waals surface area contributed by atoms with Gasteiger partial charge in [-0.3, -0.25) is 4.79 Å². The molecule has 0 radical (unpaired) electrons. The van der Waals surface area contributed by atoms with Crippen LogP contribution in [0.15, 0.2) is 0 Å². The zero-order chi connectivity index (χ0) is 9.68. The Kier molecular flexibility index (Phi) is 4.53. The van der Waals surface area contributed by atoms with Crippen LogP contribution in [0, 0.1) is 0 Å². The molecule has 0 bridgehead atoms. The van der Waals surface area contributed by atoms with E-state index in [1.54, 1.807) is 0 Å². The molecule has 2 unspecified atom stereocenters. The van der Waals surface area contributed by atoms with Crippen LogP contribution in [0.25, 0.3) is 0 Å². The van der Waals surface area contributed by atoms with E-state index in [2.05, 4.69) is 5.32 Å². The Bertz CT molecular complexity index is 169. The summed E-state index contributed by atoms with van der Waals surface area (Å²) in [7, 11) is 0. The summed E-state index contributed by atoms with van der Waals surface area (Å²) in [5.41, 5.74) is 0. The molecule has 1 N–H and O–H groups in total. The maximum atomic E-state index is 11.3. The summed E-state index contributed by atoms with van der Waals surface area (Å²) >= 11 is 5.57. The van der Waals surface area contributed by atoms with Crippen molar-refractivity contribution in [3.63, 3.8) is 0 Å². The maximum Gasteiger partial charge on any atom is 0.222 e. The first-order valence-electron chi connectivity index (χ1n) is 4.69. The topological polar surface area (TPSA) is 38.3 Å². The van der Waals surface area contributed by atoms with E-state index < -0.39 is 0 Å². The number of carbonyl (C=O) groups excluding carboxylic acids is 1. The van der Waals surface area contributed by atoms with Crippen LogP contribution in [0.5, 0.6) is 0 Å². The van der Waals surface area contributed by atoms with Gasteiger partial charge in [0.2, 0.25) is 5.91 Å². The summed E-state index contributed by atoms with van der Waals surface area (Å²) in [6.07, 6.45) is 2.68. The molecule has 1 fully saturated rings. The van der Waals surface area contributed by atoms with Gasteiger partial charge in [0, 0.05) is 18.5 Å². The van der Waals surface area contributed by atoms with E-state index >= 15 is 0 Å². The van der Waals surface area contributed by atoms with E-state index in [1.165, 1.54) is 0 Å². The van der Waals surface area contributed by atoms with Crippen molar-refractivity contribution in [2.75, 3.05) is 12.5 Å². The highest BCUT2D eigenvalue weighted by molar-refractivity contribution is 6.18. The van der Waals surface area contributed by atoms with Gasteiger partial charge in [0.05, 0.1) is 12.5 Å². The zero-order valence-electron chi connectivity index (χ0n) is 7.88. The second-order valence-electron chi connectivity index (χ2n) is 3.46. The van der Waals surface area contributed by atoms with Crippen LogP contribution in [0.2, 0.25) is 0 Å². The summed E-state index contributed by atoms with van der Waals surface area (Å²) < 4.78 is 5.34. The molecule has 0 saturated carbocycles. The van der Waals surface area contributed by atoms with Gasteiger partial charge < -0.3 is 10.1 Å². The van der Waals surface area contributed by atoms with Gasteiger partial charge >= 0.3 is 0 Å². The molecule has 3 nitrogen and oxygen atoms in total. The highest BCUT2D eigenvalue weighted by Gasteiger charge is 2.19. The van der Waals surface area contributed by atoms with Crippen LogP contribution < -0.4 is 5.32 Å². The third kappa shape index (κ3) is 3.96. The van der Waals surface area contributed by atoms with Crippen LogP contribution in [0.4, 0.5) is 0 Å². The normalized spacial score (nSPS) is 24.3. The number of ether oxygens (including phenoxy) is 1. The summed E-state index contributed by atoms with van der Waals surface area (Å²) in [5.74, 6) is 0.497. The van der Waals surface area contributed by atoms with Crippen molar-refractivity contribution in [2.24, 2.45) is 0 Å². The summed E-state index contributed by atoms with van der Waals surface area (Å²) in [6.45, 7) is 2.68. The van der Waals surface area contributed by atoms with Crippen molar-refractivity contribution >= 4 is 17.5 Å². The highest BCUT2D eigenvalue weighted by Crippen LogP contribution is 2.14. The second-order valence-corrected chi connectivity index (χ2v) is 3.77. The number of amides is 1. The van der Waals surface area contributed by atoms with Crippen LogP contribution in [-0.4, -0.2) is 30.5 Å². The lowest BCUT2D eigenvalue weighted by Crippen LogP contribution is -2.35. The minimum atomic E-state index is 0.0417. The van der Waals surface area contributed by atoms with E-state index in [9.17, 15) is 4.79 Å². The fraction of sp³-hybridized carbons (Fsp3) is 0.889. The van der Waals surface area contributed by atoms with Crippen molar-refractivity contribution in [1.29, 1.82) is 0 Å². The standard InChI is InChI=1S/C9H16ClNO2/c1-7(6-10)11-9(12)5-8-3-2-4-13-8/h7-8H,2-6H2,1H3,(H,11,12). The van der Waals surface area contributed by atoms with Gasteiger partial charge in [-0.2, -0.15) is 0 Å². The smallest absolute Gasteiger partial charge is 0.222 e. The van der Waals surface area contributed by atoms with Crippen LogP contribution in [-0.2, 0) is 9.53 Å². The molecule has 0 spiro atoms. The maximum absolute atomic E-state index is 11.3. The van der Waals surface area contributed by atoms with Gasteiger partial charge in [0.15, 0.2) is 0 Å². The van der Waals surface area contributed by atoms with Crippen LogP contribution in [0.3, 0.4) is 0 Å². The minimum absolute atomic E-state index is 0.0417. The molecule has 1 heterocycles. The molecule has 1 amide bonds. The molecule has 1 aliphatic rings. The fourth-order valence-electron chi connectivity index (χ4n) is 1.38. The van der Waals surface area contributed by atoms with Gasteiger partial charge in [-0.25, -0.2) is 0 Å². The molecule has 76 valence electrons. The second kappa shape index (κ2) is 5.45. The predicted octanol–water partition coefficient (Wildman–Crippen LogP) is 1.30. The largest absolute Gasteiger partial charge is 0.378 e. The first kappa shape index (κ1) is 10.8. The molecule has 1 rings (SSSR count). The van der Waals surface area contributed by atoms with Crippen molar-refractivity contribution in [1.82, 2.24) is 5.32 Å². The Labute approximate surface area is 83.8 Å². The molecule has 0 aromatic heterocycles. The third-order valence-electron chi connectivity index (χ3n) is 2.08. The van der Waals surface area contributed by atoms with Crippen molar-refractivity contribution in [2.45, 2.75) is 38.3 Å². The summed E-state index contributed by atoms with van der Waals surface area (Å²) in [4.78, 5) is 11.3. The van der Waals surface area contributed by atoms with E-state index in [-0.39, 0.29) is 18.1 Å². The van der Waals surface area contributed by atoms with Gasteiger partial charge in [-0.05, 0) is 19.8 Å². The molecule has 1 aliphatic heterocycles. The van der Waals surface area contributed by atoms with Gasteiger partial charge in [-0.1, -0.05) is 0 Å². The van der Waals surface area contributed by atoms with Crippen molar-refractivity contribution < 1.29 is 9.53 Å². The molecule has 0 aromatic rings. The molecule has 0 aliphatic carbocycles. The fourth-order valence-corrected chi connectivity index (χ4v) is 1.46. The number of halogens is 1. The van der Waals surface area contributed by atoms with Crippen molar-refractivity contribution in [3.8, 4) is 0 Å². The lowest BCUT2D eigenvalue weighted by atomic mass is 10.2. The van der Waals surface area contributed by atoms with Crippen molar-refractivity contribution in [3.05, 3.63) is 0 Å². The number of nitrogens with one attached hydrogen (secondary N) is 1. The predicted molar refractivity (Wildman–Crippen MR) is 51.9 cm³/mol. The van der Waals surface area contributed by atoms with Gasteiger partial charge in [0.1, 0.15) is 0 Å². The highest BCUT2D eigenvalue weighted by atomic mass is 35.5. The van der Waals surface area contributed by atoms with Gasteiger partial charge in [-0.15, -0.1) is 11.6 Å². The van der Waals surface area contributed by atoms with Crippen LogP contribution >= 0.6 is 11.6 Å². The lowest BCUT2D eigenvalue weighted by Gasteiger charge is -2.13. The summed E-state index contributed by atoms with van der Waals surface area (Å²) in [5, 5.41) is 2.81. The lowest BCUT2D eigenvalue weighted by molar-refractivity contribution is -0.123. The molecular formula is C9H16ClNO2. The Morgan fingerprint density at radius 3 is 3.08 bits per heavy atom. The number of hydrogen-bond acceptors (Lipinski definition) is 2. The average molecular weight is 206 g/mol. The van der Waals surface area contributed by atoms with E-state index in [0.29, 0.717) is 12.3 Å². The van der Waals surface area contributed by atoms with E-state index in [4.69, 9.17) is 16.3 Å². The molecule has 4 heteroatoms. The Morgan fingerprint density at radius 2 is 2.54 bits per heavy atom. The average Bonchev–Trinajstić information content (AvgIpc) is 2.56. The number of rotatable bonds is 4.